The fourth-order valence-corrected chi connectivity index (χ4v) is 8.61. The molecular formula is C27H43ClN4O5S. The molecule has 3 heterocycles. The van der Waals surface area contributed by atoms with E-state index >= 15 is 0 Å². The number of amides is 2. The van der Waals surface area contributed by atoms with Crippen molar-refractivity contribution in [2.24, 2.45) is 11.8 Å². The first kappa shape index (κ1) is 29.3. The summed E-state index contributed by atoms with van der Waals surface area (Å²) in [7, 11) is -3.71. The van der Waals surface area contributed by atoms with Crippen LogP contribution in [0.4, 0.5) is 0 Å². The summed E-state index contributed by atoms with van der Waals surface area (Å²) in [4.78, 5) is 35.6. The molecule has 2 saturated heterocycles. The maximum atomic E-state index is 13.6. The lowest BCUT2D eigenvalue weighted by Crippen LogP contribution is -2.45. The minimum Gasteiger partial charge on any atom is -0.447 e. The first-order valence-electron chi connectivity index (χ1n) is 14.2. The Morgan fingerprint density at radius 3 is 2.16 bits per heavy atom. The molecule has 0 unspecified atom stereocenters. The van der Waals surface area contributed by atoms with Crippen molar-refractivity contribution < 1.29 is 22.4 Å². The molecule has 9 nitrogen and oxygen atoms in total. The maximum absolute atomic E-state index is 13.6. The van der Waals surface area contributed by atoms with E-state index in [9.17, 15) is 18.0 Å². The van der Waals surface area contributed by atoms with Gasteiger partial charge in [0.2, 0.25) is 21.8 Å². The lowest BCUT2D eigenvalue weighted by molar-refractivity contribution is -0.129. The number of carbonyl (C=O) groups excluding carboxylic acids is 2. The van der Waals surface area contributed by atoms with E-state index in [1.54, 1.807) is 4.90 Å². The van der Waals surface area contributed by atoms with Gasteiger partial charge in [0, 0.05) is 18.6 Å². The number of carbonyl (C=O) groups is 2. The van der Waals surface area contributed by atoms with Crippen LogP contribution in [0.5, 0.6) is 0 Å². The number of sulfonamides is 1. The van der Waals surface area contributed by atoms with Gasteiger partial charge in [-0.3, -0.25) is 14.5 Å². The highest BCUT2D eigenvalue weighted by molar-refractivity contribution is 7.88. The SMILES string of the molecule is CC(C)[C@@H]1C(=O)N(S(C)(=O)=O)[C@@H]2CCN(C(=O)c3coc(CN(C4CCCCC4)C4CCCCC4)n3)[C@H]21.Cl. The first-order valence-corrected chi connectivity index (χ1v) is 16.1. The van der Waals surface area contributed by atoms with Crippen molar-refractivity contribution in [1.82, 2.24) is 19.1 Å². The molecule has 4 fully saturated rings. The second-order valence-electron chi connectivity index (χ2n) is 11.9. The number of hydrogen-bond donors (Lipinski definition) is 0. The van der Waals surface area contributed by atoms with Crippen molar-refractivity contribution in [2.45, 2.75) is 115 Å². The summed E-state index contributed by atoms with van der Waals surface area (Å²) in [5.74, 6) is -0.756. The van der Waals surface area contributed by atoms with Crippen LogP contribution in [0.25, 0.3) is 0 Å². The number of fused-ring (bicyclic) bond motifs is 1. The zero-order chi connectivity index (χ0) is 26.3. The van der Waals surface area contributed by atoms with E-state index in [0.29, 0.717) is 37.5 Å². The average molecular weight is 571 g/mol. The van der Waals surface area contributed by atoms with Gasteiger partial charge in [-0.25, -0.2) is 17.7 Å². The second-order valence-corrected chi connectivity index (χ2v) is 13.8. The van der Waals surface area contributed by atoms with Crippen molar-refractivity contribution in [3.8, 4) is 0 Å². The molecule has 214 valence electrons. The molecular weight excluding hydrogens is 528 g/mol. The normalized spacial score (nSPS) is 27.3. The number of halogens is 1. The monoisotopic (exact) mass is 570 g/mol. The number of aromatic nitrogens is 1. The number of nitrogens with zero attached hydrogens (tertiary/aromatic N) is 4. The van der Waals surface area contributed by atoms with Crippen LogP contribution >= 0.6 is 12.4 Å². The molecule has 1 aromatic rings. The lowest BCUT2D eigenvalue weighted by atomic mass is 9.88. The van der Waals surface area contributed by atoms with Gasteiger partial charge in [0.25, 0.3) is 5.91 Å². The molecule has 1 aromatic heterocycles. The highest BCUT2D eigenvalue weighted by Crippen LogP contribution is 2.41. The Kier molecular flexibility index (Phi) is 9.14. The van der Waals surface area contributed by atoms with Gasteiger partial charge in [-0.15, -0.1) is 12.4 Å². The van der Waals surface area contributed by atoms with Crippen molar-refractivity contribution in [2.75, 3.05) is 12.8 Å². The second kappa shape index (κ2) is 11.8. The summed E-state index contributed by atoms with van der Waals surface area (Å²) in [6.45, 7) is 4.83. The molecule has 2 aliphatic heterocycles. The summed E-state index contributed by atoms with van der Waals surface area (Å²) in [5.41, 5.74) is 0.246. The minimum absolute atomic E-state index is 0. The summed E-state index contributed by atoms with van der Waals surface area (Å²) in [6.07, 6.45) is 15.5. The Morgan fingerprint density at radius 1 is 1.05 bits per heavy atom. The van der Waals surface area contributed by atoms with Crippen LogP contribution in [0.15, 0.2) is 10.7 Å². The number of likely N-dealkylation sites (tertiary alicyclic amines) is 1. The standard InChI is InChI=1S/C27H42N4O5S.ClH/c1-18(2)24-25-22(31(27(24)33)37(3,34)35)14-15-29(25)26(32)21-17-36-23(28-21)16-30(19-10-6-4-7-11-19)20-12-8-5-9-13-20;/h17-20,22,24-25H,4-16H2,1-3H3;1H/t22-,24+,25-;/m1./s1. The molecule has 3 atom stereocenters. The van der Waals surface area contributed by atoms with E-state index in [0.717, 1.165) is 10.6 Å². The predicted octanol–water partition coefficient (Wildman–Crippen LogP) is 4.22. The Hall–Kier alpha value is -1.65. The fraction of sp³-hybridized carbons (Fsp3) is 0.815. The molecule has 11 heteroatoms. The third kappa shape index (κ3) is 5.63. The molecule has 2 saturated carbocycles. The zero-order valence-corrected chi connectivity index (χ0v) is 24.5. The van der Waals surface area contributed by atoms with Crippen molar-refractivity contribution in [3.05, 3.63) is 17.8 Å². The van der Waals surface area contributed by atoms with Crippen LogP contribution in [0.3, 0.4) is 0 Å². The van der Waals surface area contributed by atoms with E-state index in [-0.39, 0.29) is 29.9 Å². The maximum Gasteiger partial charge on any atom is 0.276 e. The van der Waals surface area contributed by atoms with E-state index < -0.39 is 33.9 Å². The quantitative estimate of drug-likeness (QED) is 0.483. The minimum atomic E-state index is -3.71. The summed E-state index contributed by atoms with van der Waals surface area (Å²) < 4.78 is 31.8. The number of hydrogen-bond acceptors (Lipinski definition) is 7. The highest BCUT2D eigenvalue weighted by atomic mass is 35.5. The van der Waals surface area contributed by atoms with Gasteiger partial charge in [-0.2, -0.15) is 0 Å². The molecule has 2 amide bonds. The van der Waals surface area contributed by atoms with Gasteiger partial charge >= 0.3 is 0 Å². The molecule has 0 radical (unpaired) electrons. The molecule has 0 N–H and O–H groups in total. The Labute approximate surface area is 233 Å². The fourth-order valence-electron chi connectivity index (χ4n) is 7.44. The third-order valence-corrected chi connectivity index (χ3v) is 10.3. The van der Waals surface area contributed by atoms with Crippen molar-refractivity contribution >= 4 is 34.2 Å². The van der Waals surface area contributed by atoms with Gasteiger partial charge < -0.3 is 9.32 Å². The van der Waals surface area contributed by atoms with Gasteiger partial charge in [-0.05, 0) is 38.0 Å². The molecule has 2 aliphatic carbocycles. The summed E-state index contributed by atoms with van der Waals surface area (Å²) in [5, 5.41) is 0. The van der Waals surface area contributed by atoms with Crippen LogP contribution in [0, 0.1) is 11.8 Å². The summed E-state index contributed by atoms with van der Waals surface area (Å²) in [6, 6.07) is 0.0928. The third-order valence-electron chi connectivity index (χ3n) is 9.10. The average Bonchev–Trinajstić information content (AvgIpc) is 3.57. The van der Waals surface area contributed by atoms with Crippen LogP contribution < -0.4 is 0 Å². The first-order chi connectivity index (χ1) is 17.7. The topological polar surface area (TPSA) is 104 Å². The lowest BCUT2D eigenvalue weighted by Gasteiger charge is -2.41. The predicted molar refractivity (Wildman–Crippen MR) is 146 cm³/mol. The molecule has 4 aliphatic rings. The van der Waals surface area contributed by atoms with Gasteiger partial charge in [0.05, 0.1) is 30.8 Å². The smallest absolute Gasteiger partial charge is 0.276 e. The molecule has 0 bridgehead atoms. The number of rotatable bonds is 7. The van der Waals surface area contributed by atoms with Crippen LogP contribution in [-0.2, 0) is 21.4 Å². The van der Waals surface area contributed by atoms with Crippen LogP contribution in [-0.4, -0.2) is 76.3 Å². The van der Waals surface area contributed by atoms with Gasteiger partial charge in [0.15, 0.2) is 5.69 Å². The van der Waals surface area contributed by atoms with E-state index in [1.165, 1.54) is 70.5 Å². The van der Waals surface area contributed by atoms with Crippen LogP contribution in [0.1, 0.15) is 101 Å². The zero-order valence-electron chi connectivity index (χ0n) is 22.9. The van der Waals surface area contributed by atoms with Crippen molar-refractivity contribution in [1.29, 1.82) is 0 Å². The molecule has 5 rings (SSSR count). The largest absolute Gasteiger partial charge is 0.447 e. The van der Waals surface area contributed by atoms with Gasteiger partial charge in [-0.1, -0.05) is 52.4 Å². The molecule has 0 aromatic carbocycles. The Balaban J connectivity index is 0.00000336. The van der Waals surface area contributed by atoms with E-state index in [4.69, 9.17) is 4.42 Å². The summed E-state index contributed by atoms with van der Waals surface area (Å²) >= 11 is 0. The van der Waals surface area contributed by atoms with Crippen LogP contribution in [0.2, 0.25) is 0 Å². The van der Waals surface area contributed by atoms with E-state index in [1.807, 2.05) is 13.8 Å². The highest BCUT2D eigenvalue weighted by Gasteiger charge is 2.58. The molecule has 0 spiro atoms. The van der Waals surface area contributed by atoms with E-state index in [2.05, 4.69) is 9.88 Å². The molecule has 38 heavy (non-hydrogen) atoms. The Bertz CT molecular complexity index is 1080. The number of oxazole rings is 1. The Morgan fingerprint density at radius 2 is 1.63 bits per heavy atom. The van der Waals surface area contributed by atoms with Gasteiger partial charge in [0.1, 0.15) is 6.26 Å². The van der Waals surface area contributed by atoms with Crippen molar-refractivity contribution in [3.63, 3.8) is 0 Å².